The first kappa shape index (κ1) is 14.2. The molecule has 0 unspecified atom stereocenters. The summed E-state index contributed by atoms with van der Waals surface area (Å²) >= 11 is 4.86. The van der Waals surface area contributed by atoms with Gasteiger partial charge in [0.2, 0.25) is 0 Å². The Bertz CT molecular complexity index is 578. The van der Waals surface area contributed by atoms with Crippen LogP contribution >= 0.6 is 12.2 Å². The van der Waals surface area contributed by atoms with Crippen LogP contribution in [-0.4, -0.2) is 27.4 Å². The summed E-state index contributed by atoms with van der Waals surface area (Å²) in [5, 5.41) is 2.87. The van der Waals surface area contributed by atoms with Crippen LogP contribution in [0, 0.1) is 0 Å². The zero-order valence-corrected chi connectivity index (χ0v) is 11.7. The number of aromatic nitrogens is 2. The summed E-state index contributed by atoms with van der Waals surface area (Å²) in [6.45, 7) is 0.608. The lowest BCUT2D eigenvalue weighted by Crippen LogP contribution is -2.25. The van der Waals surface area contributed by atoms with Crippen molar-refractivity contribution in [1.29, 1.82) is 0 Å². The molecule has 4 N–H and O–H groups in total. The van der Waals surface area contributed by atoms with Gasteiger partial charge in [-0.25, -0.2) is 4.98 Å². The highest BCUT2D eigenvalue weighted by molar-refractivity contribution is 7.80. The highest BCUT2D eigenvalue weighted by Crippen LogP contribution is 2.04. The average Bonchev–Trinajstić information content (AvgIpc) is 2.96. The number of nitrogens with two attached hydrogens (primary N) is 1. The topological polar surface area (TPSA) is 83.8 Å². The van der Waals surface area contributed by atoms with E-state index in [0.717, 1.165) is 24.2 Å². The molecule has 0 aliphatic carbocycles. The molecule has 0 saturated heterocycles. The first-order chi connectivity index (χ1) is 9.66. The molecule has 2 aromatic rings. The summed E-state index contributed by atoms with van der Waals surface area (Å²) in [5.74, 6) is 0.832. The molecule has 1 amide bonds. The van der Waals surface area contributed by atoms with Crippen molar-refractivity contribution in [3.63, 3.8) is 0 Å². The van der Waals surface area contributed by atoms with Crippen molar-refractivity contribution in [3.05, 3.63) is 53.6 Å². The molecular formula is C14H16N4OS. The van der Waals surface area contributed by atoms with Gasteiger partial charge in [-0.1, -0.05) is 24.4 Å². The number of aryl methyl sites for hydroxylation is 1. The van der Waals surface area contributed by atoms with E-state index in [9.17, 15) is 4.79 Å². The number of thiocarbonyl (C=S) groups is 1. The summed E-state index contributed by atoms with van der Waals surface area (Å²) in [5.41, 5.74) is 6.87. The summed E-state index contributed by atoms with van der Waals surface area (Å²) in [7, 11) is 0. The van der Waals surface area contributed by atoms with Crippen LogP contribution in [0.5, 0.6) is 0 Å². The molecule has 0 saturated carbocycles. The quantitative estimate of drug-likeness (QED) is 0.554. The van der Waals surface area contributed by atoms with Crippen LogP contribution in [0.4, 0.5) is 0 Å². The second-order valence-corrected chi connectivity index (χ2v) is 4.78. The summed E-state index contributed by atoms with van der Waals surface area (Å²) in [6, 6.07) is 6.94. The maximum atomic E-state index is 11.9. The Hall–Kier alpha value is -2.21. The second kappa shape index (κ2) is 6.81. The molecule has 0 radical (unpaired) electrons. The van der Waals surface area contributed by atoms with E-state index >= 15 is 0 Å². The van der Waals surface area contributed by atoms with Crippen LogP contribution in [-0.2, 0) is 6.42 Å². The SMILES string of the molecule is NC(=S)c1ccc(C(=O)NCCCc2ncc[nH]2)cc1. The van der Waals surface area contributed by atoms with Gasteiger partial charge < -0.3 is 16.0 Å². The standard InChI is InChI=1S/C14H16N4OS/c15-13(20)10-3-5-11(6-4-10)14(19)18-7-1-2-12-16-8-9-17-12/h3-6,8-9H,1-2,7H2,(H2,15,20)(H,16,17)(H,18,19). The predicted octanol–water partition coefficient (Wildman–Crippen LogP) is 1.41. The number of amides is 1. The lowest BCUT2D eigenvalue weighted by atomic mass is 10.1. The van der Waals surface area contributed by atoms with Crippen molar-refractivity contribution in [2.24, 2.45) is 5.73 Å². The van der Waals surface area contributed by atoms with Gasteiger partial charge in [-0.3, -0.25) is 4.79 Å². The lowest BCUT2D eigenvalue weighted by molar-refractivity contribution is 0.0953. The van der Waals surface area contributed by atoms with Crippen molar-refractivity contribution >= 4 is 23.1 Å². The number of aromatic amines is 1. The third kappa shape index (κ3) is 3.89. The number of hydrogen-bond acceptors (Lipinski definition) is 3. The third-order valence-electron chi connectivity index (χ3n) is 2.86. The normalized spacial score (nSPS) is 10.2. The fraction of sp³-hybridized carbons (Fsp3) is 0.214. The summed E-state index contributed by atoms with van der Waals surface area (Å²) < 4.78 is 0. The fourth-order valence-corrected chi connectivity index (χ4v) is 1.92. The number of benzene rings is 1. The highest BCUT2D eigenvalue weighted by atomic mass is 32.1. The van der Waals surface area contributed by atoms with E-state index < -0.39 is 0 Å². The van der Waals surface area contributed by atoms with Gasteiger partial charge in [0.05, 0.1) is 0 Å². The van der Waals surface area contributed by atoms with E-state index in [4.69, 9.17) is 18.0 Å². The van der Waals surface area contributed by atoms with Crippen molar-refractivity contribution in [2.75, 3.05) is 6.54 Å². The van der Waals surface area contributed by atoms with Crippen LogP contribution < -0.4 is 11.1 Å². The number of rotatable bonds is 6. The van der Waals surface area contributed by atoms with Gasteiger partial charge in [0.25, 0.3) is 5.91 Å². The van der Waals surface area contributed by atoms with Crippen LogP contribution in [0.25, 0.3) is 0 Å². The van der Waals surface area contributed by atoms with Gasteiger partial charge in [0.1, 0.15) is 10.8 Å². The first-order valence-electron chi connectivity index (χ1n) is 6.33. The molecule has 1 heterocycles. The molecular weight excluding hydrogens is 272 g/mol. The fourth-order valence-electron chi connectivity index (χ4n) is 1.78. The first-order valence-corrected chi connectivity index (χ1v) is 6.74. The zero-order chi connectivity index (χ0) is 14.4. The molecule has 5 nitrogen and oxygen atoms in total. The van der Waals surface area contributed by atoms with Gasteiger partial charge in [-0.2, -0.15) is 0 Å². The third-order valence-corrected chi connectivity index (χ3v) is 3.10. The Kier molecular flexibility index (Phi) is 4.84. The molecule has 1 aromatic heterocycles. The van der Waals surface area contributed by atoms with Crippen LogP contribution in [0.2, 0.25) is 0 Å². The molecule has 6 heteroatoms. The molecule has 20 heavy (non-hydrogen) atoms. The predicted molar refractivity (Wildman–Crippen MR) is 81.6 cm³/mol. The van der Waals surface area contributed by atoms with Gasteiger partial charge in [0.15, 0.2) is 0 Å². The van der Waals surface area contributed by atoms with Crippen molar-refractivity contribution in [3.8, 4) is 0 Å². The van der Waals surface area contributed by atoms with E-state index in [0.29, 0.717) is 17.1 Å². The van der Waals surface area contributed by atoms with E-state index in [-0.39, 0.29) is 5.91 Å². The second-order valence-electron chi connectivity index (χ2n) is 4.34. The van der Waals surface area contributed by atoms with E-state index in [1.807, 2.05) is 0 Å². The minimum Gasteiger partial charge on any atom is -0.389 e. The molecule has 0 atom stereocenters. The highest BCUT2D eigenvalue weighted by Gasteiger charge is 2.05. The molecule has 0 aliphatic heterocycles. The maximum absolute atomic E-state index is 11.9. The number of nitrogens with one attached hydrogen (secondary N) is 2. The van der Waals surface area contributed by atoms with Crippen LogP contribution in [0.3, 0.4) is 0 Å². The smallest absolute Gasteiger partial charge is 0.251 e. The molecule has 0 aliphatic rings. The van der Waals surface area contributed by atoms with Gasteiger partial charge in [0, 0.05) is 36.5 Å². The Labute approximate surface area is 122 Å². The minimum absolute atomic E-state index is 0.0982. The van der Waals surface area contributed by atoms with Gasteiger partial charge >= 0.3 is 0 Å². The van der Waals surface area contributed by atoms with Gasteiger partial charge in [-0.15, -0.1) is 0 Å². The van der Waals surface area contributed by atoms with Crippen molar-refractivity contribution in [2.45, 2.75) is 12.8 Å². The van der Waals surface area contributed by atoms with Crippen LogP contribution in [0.15, 0.2) is 36.7 Å². The van der Waals surface area contributed by atoms with Crippen molar-refractivity contribution < 1.29 is 4.79 Å². The van der Waals surface area contributed by atoms with Crippen molar-refractivity contribution in [1.82, 2.24) is 15.3 Å². The zero-order valence-electron chi connectivity index (χ0n) is 10.9. The Balaban J connectivity index is 1.78. The van der Waals surface area contributed by atoms with Gasteiger partial charge in [-0.05, 0) is 18.6 Å². The number of H-pyrrole nitrogens is 1. The molecule has 2 rings (SSSR count). The molecule has 1 aromatic carbocycles. The number of nitrogens with zero attached hydrogens (tertiary/aromatic N) is 1. The monoisotopic (exact) mass is 288 g/mol. The largest absolute Gasteiger partial charge is 0.389 e. The van der Waals surface area contributed by atoms with Crippen LogP contribution in [0.1, 0.15) is 28.2 Å². The Morgan fingerprint density at radius 1 is 1.30 bits per heavy atom. The lowest BCUT2D eigenvalue weighted by Gasteiger charge is -2.05. The molecule has 104 valence electrons. The Morgan fingerprint density at radius 3 is 2.60 bits per heavy atom. The number of hydrogen-bond donors (Lipinski definition) is 3. The average molecular weight is 288 g/mol. The number of imidazole rings is 1. The Morgan fingerprint density at radius 2 is 2.00 bits per heavy atom. The summed E-state index contributed by atoms with van der Waals surface area (Å²) in [6.07, 6.45) is 5.16. The number of carbonyl (C=O) groups is 1. The number of carbonyl (C=O) groups excluding carboxylic acids is 1. The van der Waals surface area contributed by atoms with E-state index in [2.05, 4.69) is 15.3 Å². The summed E-state index contributed by atoms with van der Waals surface area (Å²) in [4.78, 5) is 19.4. The molecule has 0 fully saturated rings. The maximum Gasteiger partial charge on any atom is 0.251 e. The van der Waals surface area contributed by atoms with E-state index in [1.54, 1.807) is 36.7 Å². The molecule has 0 bridgehead atoms. The minimum atomic E-state index is -0.0982. The molecule has 0 spiro atoms. The van der Waals surface area contributed by atoms with E-state index in [1.165, 1.54) is 0 Å².